The van der Waals surface area contributed by atoms with E-state index >= 15 is 0 Å². The van der Waals surface area contributed by atoms with Gasteiger partial charge in [0.25, 0.3) is 0 Å². The number of fused-ring (bicyclic) bond motifs is 1. The number of rotatable bonds is 6. The Labute approximate surface area is 178 Å². The second-order valence-corrected chi connectivity index (χ2v) is 9.14. The Hall–Kier alpha value is -2.08. The summed E-state index contributed by atoms with van der Waals surface area (Å²) in [5.74, 6) is 2.50. The minimum Gasteiger partial charge on any atom is -0.497 e. The fourth-order valence-corrected chi connectivity index (χ4v) is 5.58. The number of aliphatic imine (C=N–C) groups is 1. The number of ether oxygens (including phenoxy) is 1. The second-order valence-electron chi connectivity index (χ2n) is 7.97. The van der Waals surface area contributed by atoms with Gasteiger partial charge in [-0.15, -0.1) is 11.3 Å². The lowest BCUT2D eigenvalue weighted by Gasteiger charge is -2.21. The van der Waals surface area contributed by atoms with Gasteiger partial charge in [-0.2, -0.15) is 0 Å². The molecular formula is C23H32N4OS. The topological polar surface area (TPSA) is 49.8 Å². The van der Waals surface area contributed by atoms with Crippen LogP contribution in [0.15, 0.2) is 29.3 Å². The summed E-state index contributed by atoms with van der Waals surface area (Å²) >= 11 is 1.94. The lowest BCUT2D eigenvalue weighted by atomic mass is 9.98. The molecule has 0 radical (unpaired) electrons. The maximum Gasteiger partial charge on any atom is 0.193 e. The summed E-state index contributed by atoms with van der Waals surface area (Å²) in [6.45, 7) is 3.02. The first kappa shape index (κ1) is 20.2. The van der Waals surface area contributed by atoms with Gasteiger partial charge < -0.3 is 15.0 Å². The normalized spacial score (nSPS) is 19.3. The molecule has 4 rings (SSSR count). The zero-order valence-electron chi connectivity index (χ0n) is 17.6. The summed E-state index contributed by atoms with van der Waals surface area (Å²) in [5.41, 5.74) is 2.76. The highest BCUT2D eigenvalue weighted by Crippen LogP contribution is 2.29. The van der Waals surface area contributed by atoms with Crippen LogP contribution in [0, 0.1) is 0 Å². The van der Waals surface area contributed by atoms with Gasteiger partial charge in [0.05, 0.1) is 17.8 Å². The van der Waals surface area contributed by atoms with Gasteiger partial charge in [-0.05, 0) is 56.2 Å². The third kappa shape index (κ3) is 4.92. The summed E-state index contributed by atoms with van der Waals surface area (Å²) < 4.78 is 5.28. The van der Waals surface area contributed by atoms with Crippen LogP contribution in [-0.4, -0.2) is 49.6 Å². The average molecular weight is 413 g/mol. The van der Waals surface area contributed by atoms with Gasteiger partial charge in [-0.25, -0.2) is 4.98 Å². The van der Waals surface area contributed by atoms with E-state index < -0.39 is 0 Å². The molecule has 1 aliphatic heterocycles. The number of thiazole rings is 1. The Morgan fingerprint density at radius 3 is 2.86 bits per heavy atom. The number of aryl methyl sites for hydroxylation is 3. The fourth-order valence-electron chi connectivity index (χ4n) is 4.39. The zero-order chi connectivity index (χ0) is 20.1. The monoisotopic (exact) mass is 412 g/mol. The predicted molar refractivity (Wildman–Crippen MR) is 120 cm³/mol. The molecule has 1 atom stereocenters. The molecule has 0 saturated carbocycles. The minimum atomic E-state index is 0.557. The van der Waals surface area contributed by atoms with Gasteiger partial charge in [-0.3, -0.25) is 4.99 Å². The number of likely N-dealkylation sites (tertiary alicyclic amines) is 1. The van der Waals surface area contributed by atoms with Crippen LogP contribution in [0.5, 0.6) is 5.75 Å². The fraction of sp³-hybridized carbons (Fsp3) is 0.565. The van der Waals surface area contributed by atoms with E-state index in [9.17, 15) is 0 Å². The highest BCUT2D eigenvalue weighted by Gasteiger charge is 2.26. The number of guanidine groups is 1. The molecule has 1 fully saturated rings. The molecule has 2 heterocycles. The Morgan fingerprint density at radius 2 is 2.10 bits per heavy atom. The highest BCUT2D eigenvalue weighted by atomic mass is 32.1. The van der Waals surface area contributed by atoms with Crippen LogP contribution in [0.3, 0.4) is 0 Å². The molecule has 5 nitrogen and oxygen atoms in total. The number of aromatic nitrogens is 1. The van der Waals surface area contributed by atoms with Crippen molar-refractivity contribution in [1.82, 2.24) is 15.2 Å². The Balaban J connectivity index is 1.23. The molecule has 1 aromatic heterocycles. The van der Waals surface area contributed by atoms with Crippen molar-refractivity contribution in [1.29, 1.82) is 0 Å². The number of hydrogen-bond acceptors (Lipinski definition) is 4. The van der Waals surface area contributed by atoms with Crippen LogP contribution in [0.4, 0.5) is 0 Å². The standard InChI is InChI=1S/C23H32N4OS/c1-24-23(25-14-5-8-22-26-20-6-3-4-7-21(20)29-22)27-15-13-18(16-27)17-9-11-19(28-2)12-10-17/h9-12,18H,3-8,13-16H2,1-2H3,(H,24,25). The molecule has 2 aliphatic rings. The lowest BCUT2D eigenvalue weighted by molar-refractivity contribution is 0.414. The zero-order valence-corrected chi connectivity index (χ0v) is 18.4. The third-order valence-electron chi connectivity index (χ3n) is 6.03. The lowest BCUT2D eigenvalue weighted by Crippen LogP contribution is -2.40. The smallest absolute Gasteiger partial charge is 0.193 e. The van der Waals surface area contributed by atoms with Gasteiger partial charge in [0.2, 0.25) is 0 Å². The quantitative estimate of drug-likeness (QED) is 0.442. The maximum absolute atomic E-state index is 5.28. The van der Waals surface area contributed by atoms with Gasteiger partial charge >= 0.3 is 0 Å². The third-order valence-corrected chi connectivity index (χ3v) is 7.24. The maximum atomic E-state index is 5.28. The summed E-state index contributed by atoms with van der Waals surface area (Å²) in [5, 5.41) is 4.88. The molecule has 1 saturated heterocycles. The van der Waals surface area contributed by atoms with E-state index in [0.717, 1.165) is 50.6 Å². The second kappa shape index (κ2) is 9.61. The van der Waals surface area contributed by atoms with E-state index in [4.69, 9.17) is 9.72 Å². The predicted octanol–water partition coefficient (Wildman–Crippen LogP) is 4.03. The van der Waals surface area contributed by atoms with Crippen molar-refractivity contribution in [2.24, 2.45) is 4.99 Å². The van der Waals surface area contributed by atoms with Crippen LogP contribution < -0.4 is 10.1 Å². The van der Waals surface area contributed by atoms with Crippen LogP contribution in [-0.2, 0) is 19.3 Å². The number of hydrogen-bond donors (Lipinski definition) is 1. The van der Waals surface area contributed by atoms with Crippen molar-refractivity contribution in [2.75, 3.05) is 33.8 Å². The first-order valence-corrected chi connectivity index (χ1v) is 11.7. The molecule has 0 amide bonds. The van der Waals surface area contributed by atoms with E-state index in [1.807, 2.05) is 18.4 Å². The van der Waals surface area contributed by atoms with Crippen LogP contribution >= 0.6 is 11.3 Å². The van der Waals surface area contributed by atoms with Gasteiger partial charge in [0, 0.05) is 43.9 Å². The van der Waals surface area contributed by atoms with Crippen LogP contribution in [0.1, 0.15) is 52.7 Å². The number of methoxy groups -OCH3 is 1. The molecular weight excluding hydrogens is 380 g/mol. The summed E-state index contributed by atoms with van der Waals surface area (Å²) in [6, 6.07) is 8.50. The van der Waals surface area contributed by atoms with Crippen molar-refractivity contribution < 1.29 is 4.74 Å². The molecule has 6 heteroatoms. The first-order valence-electron chi connectivity index (χ1n) is 10.8. The molecule has 156 valence electrons. The summed E-state index contributed by atoms with van der Waals surface area (Å²) in [7, 11) is 3.60. The van der Waals surface area contributed by atoms with Gasteiger partial charge in [-0.1, -0.05) is 12.1 Å². The van der Waals surface area contributed by atoms with Crippen molar-refractivity contribution in [2.45, 2.75) is 50.9 Å². The highest BCUT2D eigenvalue weighted by molar-refractivity contribution is 7.11. The van der Waals surface area contributed by atoms with Crippen molar-refractivity contribution in [3.05, 3.63) is 45.4 Å². The van der Waals surface area contributed by atoms with Gasteiger partial charge in [0.1, 0.15) is 5.75 Å². The van der Waals surface area contributed by atoms with Gasteiger partial charge in [0.15, 0.2) is 5.96 Å². The molecule has 0 spiro atoms. The Kier molecular flexibility index (Phi) is 6.70. The summed E-state index contributed by atoms with van der Waals surface area (Å²) in [4.78, 5) is 13.3. The van der Waals surface area contributed by atoms with Crippen molar-refractivity contribution in [3.8, 4) is 5.75 Å². The van der Waals surface area contributed by atoms with E-state index in [0.29, 0.717) is 5.92 Å². The summed E-state index contributed by atoms with van der Waals surface area (Å²) in [6.07, 6.45) is 8.39. The molecule has 29 heavy (non-hydrogen) atoms. The molecule has 2 aromatic rings. The van der Waals surface area contributed by atoms with E-state index in [1.165, 1.54) is 46.8 Å². The molecule has 0 bridgehead atoms. The molecule has 1 N–H and O–H groups in total. The first-order chi connectivity index (χ1) is 14.3. The number of nitrogens with one attached hydrogen (secondary N) is 1. The Bertz CT molecular complexity index is 806. The average Bonchev–Trinajstić information content (AvgIpc) is 3.41. The molecule has 1 aliphatic carbocycles. The number of nitrogens with zero attached hydrogens (tertiary/aromatic N) is 3. The van der Waals surface area contributed by atoms with E-state index in [1.54, 1.807) is 7.11 Å². The molecule has 1 unspecified atom stereocenters. The van der Waals surface area contributed by atoms with Crippen molar-refractivity contribution >= 4 is 17.3 Å². The SMILES string of the molecule is CN=C(NCCCc1nc2c(s1)CCCC2)N1CCC(c2ccc(OC)cc2)C1. The molecule has 1 aromatic carbocycles. The minimum absolute atomic E-state index is 0.557. The van der Waals surface area contributed by atoms with Crippen molar-refractivity contribution in [3.63, 3.8) is 0 Å². The van der Waals surface area contributed by atoms with Crippen LogP contribution in [0.2, 0.25) is 0 Å². The largest absolute Gasteiger partial charge is 0.497 e. The van der Waals surface area contributed by atoms with E-state index in [2.05, 4.69) is 39.5 Å². The number of benzene rings is 1. The Morgan fingerprint density at radius 1 is 1.28 bits per heavy atom. The van der Waals surface area contributed by atoms with E-state index in [-0.39, 0.29) is 0 Å². The van der Waals surface area contributed by atoms with Crippen LogP contribution in [0.25, 0.3) is 0 Å².